The van der Waals surface area contributed by atoms with E-state index in [4.69, 9.17) is 0 Å². The first-order valence-electron chi connectivity index (χ1n) is 7.51. The Bertz CT molecular complexity index is 196. The van der Waals surface area contributed by atoms with Gasteiger partial charge in [0.05, 0.1) is 0 Å². The summed E-state index contributed by atoms with van der Waals surface area (Å²) in [5.41, 5.74) is 1.55. The molecule has 2 aliphatic carbocycles. The van der Waals surface area contributed by atoms with Gasteiger partial charge in [-0.2, -0.15) is 0 Å². The molecule has 0 amide bonds. The summed E-state index contributed by atoms with van der Waals surface area (Å²) in [6, 6.07) is 0. The molecular weight excluding hydrogens is 192 g/mol. The van der Waals surface area contributed by atoms with Gasteiger partial charge in [0, 0.05) is 0 Å². The molecule has 2 fully saturated rings. The van der Waals surface area contributed by atoms with Gasteiger partial charge < -0.3 is 0 Å². The first-order valence-corrected chi connectivity index (χ1v) is 7.51. The minimum Gasteiger partial charge on any atom is -0.0998 e. The van der Waals surface area contributed by atoms with E-state index in [0.717, 1.165) is 11.8 Å². The number of fused-ring (bicyclic) bond motifs is 2. The molecule has 0 radical (unpaired) electrons. The van der Waals surface area contributed by atoms with Crippen molar-refractivity contribution in [2.45, 2.75) is 77.0 Å². The lowest BCUT2D eigenvalue weighted by Crippen LogP contribution is -2.17. The standard InChI is InChI=1S/C16H28/c1-14-11-15-9-7-5-3-2-4-6-8-10-16(12-14)13-15/h15-16H,1-13H2/t15-,16+. The van der Waals surface area contributed by atoms with E-state index in [0.29, 0.717) is 0 Å². The van der Waals surface area contributed by atoms with E-state index in [1.807, 2.05) is 0 Å². The molecule has 2 saturated carbocycles. The Balaban J connectivity index is 1.86. The summed E-state index contributed by atoms with van der Waals surface area (Å²) >= 11 is 0. The Morgan fingerprint density at radius 1 is 0.688 bits per heavy atom. The van der Waals surface area contributed by atoms with Gasteiger partial charge in [0.15, 0.2) is 0 Å². The van der Waals surface area contributed by atoms with Gasteiger partial charge in [0.25, 0.3) is 0 Å². The third kappa shape index (κ3) is 3.96. The van der Waals surface area contributed by atoms with Crippen molar-refractivity contribution in [3.05, 3.63) is 12.2 Å². The van der Waals surface area contributed by atoms with Crippen molar-refractivity contribution in [1.29, 1.82) is 0 Å². The quantitative estimate of drug-likeness (QED) is 0.474. The molecule has 0 unspecified atom stereocenters. The molecule has 2 bridgehead atoms. The number of hydrogen-bond donors (Lipinski definition) is 0. The van der Waals surface area contributed by atoms with Gasteiger partial charge >= 0.3 is 0 Å². The minimum atomic E-state index is 0.991. The predicted octanol–water partition coefficient (Wildman–Crippen LogP) is 5.48. The van der Waals surface area contributed by atoms with Crippen LogP contribution < -0.4 is 0 Å². The second kappa shape index (κ2) is 6.47. The maximum Gasteiger partial charge on any atom is -0.0294 e. The predicted molar refractivity (Wildman–Crippen MR) is 71.5 cm³/mol. The van der Waals surface area contributed by atoms with E-state index in [1.165, 1.54) is 77.0 Å². The third-order valence-corrected chi connectivity index (χ3v) is 4.55. The molecule has 0 aromatic rings. The Labute approximate surface area is 102 Å². The fourth-order valence-corrected chi connectivity index (χ4v) is 3.73. The number of hydrogen-bond acceptors (Lipinski definition) is 0. The molecule has 0 heteroatoms. The maximum atomic E-state index is 4.26. The monoisotopic (exact) mass is 220 g/mol. The van der Waals surface area contributed by atoms with Crippen molar-refractivity contribution in [1.82, 2.24) is 0 Å². The van der Waals surface area contributed by atoms with Gasteiger partial charge in [-0.25, -0.2) is 0 Å². The Hall–Kier alpha value is -0.260. The molecule has 0 saturated heterocycles. The van der Waals surface area contributed by atoms with Gasteiger partial charge in [-0.05, 0) is 31.1 Å². The summed E-state index contributed by atoms with van der Waals surface area (Å²) in [5.74, 6) is 1.98. The van der Waals surface area contributed by atoms with Crippen LogP contribution in [0.15, 0.2) is 12.2 Å². The van der Waals surface area contributed by atoms with Crippen LogP contribution in [-0.4, -0.2) is 0 Å². The van der Waals surface area contributed by atoms with E-state index >= 15 is 0 Å². The van der Waals surface area contributed by atoms with E-state index < -0.39 is 0 Å². The molecule has 0 aromatic carbocycles. The van der Waals surface area contributed by atoms with Crippen LogP contribution in [-0.2, 0) is 0 Å². The van der Waals surface area contributed by atoms with Gasteiger partial charge in [0.1, 0.15) is 0 Å². The summed E-state index contributed by atoms with van der Waals surface area (Å²) in [7, 11) is 0. The fraction of sp³-hybridized carbons (Fsp3) is 0.875. The van der Waals surface area contributed by atoms with E-state index in [9.17, 15) is 0 Å². The summed E-state index contributed by atoms with van der Waals surface area (Å²) in [6.07, 6.45) is 17.5. The highest BCUT2D eigenvalue weighted by Crippen LogP contribution is 2.37. The van der Waals surface area contributed by atoms with Gasteiger partial charge in [-0.1, -0.05) is 69.9 Å². The van der Waals surface area contributed by atoms with Crippen LogP contribution >= 0.6 is 0 Å². The first-order chi connectivity index (χ1) is 7.84. The molecule has 92 valence electrons. The lowest BCUT2D eigenvalue weighted by atomic mass is 9.75. The van der Waals surface area contributed by atoms with Crippen LogP contribution in [0.2, 0.25) is 0 Å². The maximum absolute atomic E-state index is 4.26. The topological polar surface area (TPSA) is 0 Å². The lowest BCUT2D eigenvalue weighted by Gasteiger charge is -2.31. The molecular formula is C16H28. The minimum absolute atomic E-state index is 0.991. The molecule has 2 aliphatic rings. The lowest BCUT2D eigenvalue weighted by molar-refractivity contribution is 0.275. The van der Waals surface area contributed by atoms with Crippen molar-refractivity contribution in [2.75, 3.05) is 0 Å². The molecule has 0 nitrogen and oxygen atoms in total. The smallest absolute Gasteiger partial charge is 0.0294 e. The molecule has 0 spiro atoms. The first kappa shape index (κ1) is 12.2. The second-order valence-corrected chi connectivity index (χ2v) is 6.18. The molecule has 0 heterocycles. The average molecular weight is 220 g/mol. The van der Waals surface area contributed by atoms with Crippen LogP contribution in [0.5, 0.6) is 0 Å². The van der Waals surface area contributed by atoms with Crippen LogP contribution in [0, 0.1) is 11.8 Å². The van der Waals surface area contributed by atoms with Crippen LogP contribution in [0.1, 0.15) is 77.0 Å². The SMILES string of the molecule is C=C1C[C@H]2CCCCCCCCC[C@@H](C1)C2. The van der Waals surface area contributed by atoms with Crippen molar-refractivity contribution >= 4 is 0 Å². The molecule has 0 aliphatic heterocycles. The zero-order chi connectivity index (χ0) is 11.2. The van der Waals surface area contributed by atoms with Crippen molar-refractivity contribution in [2.24, 2.45) is 11.8 Å². The zero-order valence-electron chi connectivity index (χ0n) is 10.8. The van der Waals surface area contributed by atoms with Gasteiger partial charge in [-0.15, -0.1) is 0 Å². The Kier molecular flexibility index (Phi) is 4.93. The summed E-state index contributed by atoms with van der Waals surface area (Å²) in [6.45, 7) is 4.26. The number of rotatable bonds is 0. The Morgan fingerprint density at radius 2 is 1.12 bits per heavy atom. The largest absolute Gasteiger partial charge is 0.0998 e. The van der Waals surface area contributed by atoms with E-state index in [-0.39, 0.29) is 0 Å². The zero-order valence-corrected chi connectivity index (χ0v) is 10.8. The van der Waals surface area contributed by atoms with Crippen LogP contribution in [0.25, 0.3) is 0 Å². The molecule has 0 aromatic heterocycles. The highest BCUT2D eigenvalue weighted by atomic mass is 14.3. The normalized spacial score (nSPS) is 33.9. The third-order valence-electron chi connectivity index (χ3n) is 4.55. The average Bonchev–Trinajstić information content (AvgIpc) is 2.24. The molecule has 2 rings (SSSR count). The van der Waals surface area contributed by atoms with E-state index in [1.54, 1.807) is 5.57 Å². The molecule has 16 heavy (non-hydrogen) atoms. The van der Waals surface area contributed by atoms with E-state index in [2.05, 4.69) is 6.58 Å². The van der Waals surface area contributed by atoms with Crippen LogP contribution in [0.3, 0.4) is 0 Å². The Morgan fingerprint density at radius 3 is 1.62 bits per heavy atom. The fourth-order valence-electron chi connectivity index (χ4n) is 3.73. The van der Waals surface area contributed by atoms with Crippen molar-refractivity contribution in [3.8, 4) is 0 Å². The van der Waals surface area contributed by atoms with Crippen molar-refractivity contribution in [3.63, 3.8) is 0 Å². The van der Waals surface area contributed by atoms with Gasteiger partial charge in [0.2, 0.25) is 0 Å². The summed E-state index contributed by atoms with van der Waals surface area (Å²) < 4.78 is 0. The summed E-state index contributed by atoms with van der Waals surface area (Å²) in [5, 5.41) is 0. The van der Waals surface area contributed by atoms with Gasteiger partial charge in [-0.3, -0.25) is 0 Å². The highest BCUT2D eigenvalue weighted by Gasteiger charge is 2.23. The second-order valence-electron chi connectivity index (χ2n) is 6.18. The summed E-state index contributed by atoms with van der Waals surface area (Å²) in [4.78, 5) is 0. The number of allylic oxidation sites excluding steroid dienone is 1. The molecule has 2 atom stereocenters. The van der Waals surface area contributed by atoms with Crippen LogP contribution in [0.4, 0.5) is 0 Å². The highest BCUT2D eigenvalue weighted by molar-refractivity contribution is 5.01. The van der Waals surface area contributed by atoms with Crippen molar-refractivity contribution < 1.29 is 0 Å². The molecule has 0 N–H and O–H groups in total.